The average Bonchev–Trinajstić information content (AvgIpc) is 3.06. The van der Waals surface area contributed by atoms with E-state index in [1.54, 1.807) is 43.3 Å². The number of halogens is 2. The second-order valence-electron chi connectivity index (χ2n) is 9.41. The van der Waals surface area contributed by atoms with Crippen molar-refractivity contribution in [2.45, 2.75) is 57.1 Å². The van der Waals surface area contributed by atoms with Gasteiger partial charge in [0.1, 0.15) is 6.04 Å². The first-order valence-electron chi connectivity index (χ1n) is 12.1. The molecule has 0 aliphatic carbocycles. The fourth-order valence-corrected chi connectivity index (χ4v) is 6.75. The van der Waals surface area contributed by atoms with Crippen LogP contribution in [0.25, 0.3) is 10.8 Å². The maximum atomic E-state index is 13.4. The van der Waals surface area contributed by atoms with Crippen molar-refractivity contribution in [3.63, 3.8) is 0 Å². The summed E-state index contributed by atoms with van der Waals surface area (Å²) in [5.74, 6) is -0.553. The van der Waals surface area contributed by atoms with Gasteiger partial charge in [-0.15, -0.1) is 0 Å². The van der Waals surface area contributed by atoms with Gasteiger partial charge < -0.3 is 10.2 Å². The highest BCUT2D eigenvalue weighted by atomic mass is 35.5. The Morgan fingerprint density at radius 2 is 1.73 bits per heavy atom. The summed E-state index contributed by atoms with van der Waals surface area (Å²) < 4.78 is 27.8. The molecule has 0 spiro atoms. The van der Waals surface area contributed by atoms with Gasteiger partial charge in [-0.05, 0) is 62.4 Å². The lowest BCUT2D eigenvalue weighted by molar-refractivity contribution is -0.140. The van der Waals surface area contributed by atoms with Gasteiger partial charge in [0.2, 0.25) is 11.8 Å². The van der Waals surface area contributed by atoms with E-state index in [1.807, 2.05) is 32.0 Å². The highest BCUT2D eigenvalue weighted by molar-refractivity contribution is 7.93. The first-order chi connectivity index (χ1) is 17.5. The van der Waals surface area contributed by atoms with Crippen LogP contribution in [0.2, 0.25) is 10.0 Å². The molecule has 3 aromatic carbocycles. The van der Waals surface area contributed by atoms with Gasteiger partial charge >= 0.3 is 0 Å². The molecule has 196 valence electrons. The summed E-state index contributed by atoms with van der Waals surface area (Å²) in [6.45, 7) is 5.63. The molecule has 0 fully saturated rings. The number of hydrogen-bond acceptors (Lipinski definition) is 4. The monoisotopic (exact) mass is 561 g/mol. The zero-order valence-electron chi connectivity index (χ0n) is 20.9. The summed E-state index contributed by atoms with van der Waals surface area (Å²) in [5, 5.41) is 5.27. The third-order valence-corrected chi connectivity index (χ3v) is 8.83. The molecular formula is C27H29Cl2N3O4S. The number of carbonyl (C=O) groups is 2. The van der Waals surface area contributed by atoms with E-state index in [9.17, 15) is 18.0 Å². The minimum atomic E-state index is -3.70. The topological polar surface area (TPSA) is 86.8 Å². The minimum absolute atomic E-state index is 0.0584. The smallest absolute Gasteiger partial charge is 0.265 e. The van der Waals surface area contributed by atoms with Crippen LogP contribution in [0.1, 0.15) is 39.2 Å². The molecule has 3 aromatic rings. The number of nitrogens with zero attached hydrogens (tertiary/aromatic N) is 2. The molecule has 0 aromatic heterocycles. The molecule has 2 amide bonds. The zero-order chi connectivity index (χ0) is 26.9. The molecule has 0 radical (unpaired) electrons. The minimum Gasteiger partial charge on any atom is -0.352 e. The van der Waals surface area contributed by atoms with E-state index >= 15 is 0 Å². The van der Waals surface area contributed by atoms with Crippen molar-refractivity contribution in [3.8, 4) is 0 Å². The van der Waals surface area contributed by atoms with Crippen molar-refractivity contribution in [2.24, 2.45) is 0 Å². The Balaban J connectivity index is 1.51. The first kappa shape index (κ1) is 27.2. The van der Waals surface area contributed by atoms with Crippen molar-refractivity contribution >= 4 is 61.5 Å². The van der Waals surface area contributed by atoms with Crippen molar-refractivity contribution in [3.05, 3.63) is 70.2 Å². The molecule has 1 aliphatic rings. The van der Waals surface area contributed by atoms with Gasteiger partial charge in [0.05, 0.1) is 10.6 Å². The van der Waals surface area contributed by atoms with Crippen LogP contribution >= 0.6 is 23.2 Å². The normalized spacial score (nSPS) is 14.7. The summed E-state index contributed by atoms with van der Waals surface area (Å²) in [4.78, 5) is 27.9. The van der Waals surface area contributed by atoms with Gasteiger partial charge in [-0.3, -0.25) is 13.9 Å². The van der Waals surface area contributed by atoms with Gasteiger partial charge in [-0.25, -0.2) is 8.42 Å². The van der Waals surface area contributed by atoms with Gasteiger partial charge in [0, 0.05) is 41.0 Å². The van der Waals surface area contributed by atoms with Crippen LogP contribution in [0.3, 0.4) is 0 Å². The molecule has 1 N–H and O–H groups in total. The number of benzene rings is 3. The van der Waals surface area contributed by atoms with Crippen LogP contribution in [-0.4, -0.2) is 43.8 Å². The summed E-state index contributed by atoms with van der Waals surface area (Å²) >= 11 is 12.4. The van der Waals surface area contributed by atoms with Gasteiger partial charge in [0.25, 0.3) is 10.0 Å². The molecule has 1 atom stereocenters. The molecule has 1 aliphatic heterocycles. The van der Waals surface area contributed by atoms with Crippen molar-refractivity contribution in [1.29, 1.82) is 0 Å². The molecule has 0 saturated carbocycles. The maximum absolute atomic E-state index is 13.4. The Morgan fingerprint density at radius 3 is 2.41 bits per heavy atom. The van der Waals surface area contributed by atoms with Crippen LogP contribution in [0.5, 0.6) is 0 Å². The molecule has 0 saturated heterocycles. The third-order valence-electron chi connectivity index (χ3n) is 6.39. The summed E-state index contributed by atoms with van der Waals surface area (Å²) in [6, 6.07) is 14.9. The lowest BCUT2D eigenvalue weighted by Crippen LogP contribution is -2.49. The SMILES string of the molecule is CC(C)NC(=O)C(C)N(Cc1ccc(Cl)cc1Cl)C(=O)CCCN1c2cccc3cccc(c23)S1(=O)=O. The molecular weight excluding hydrogens is 533 g/mol. The predicted molar refractivity (Wildman–Crippen MR) is 147 cm³/mol. The van der Waals surface area contributed by atoms with E-state index in [4.69, 9.17) is 23.2 Å². The Bertz CT molecular complexity index is 1450. The molecule has 7 nitrogen and oxygen atoms in total. The quantitative estimate of drug-likeness (QED) is 0.380. The van der Waals surface area contributed by atoms with Crippen LogP contribution in [0.15, 0.2) is 59.5 Å². The number of nitrogens with one attached hydrogen (secondary N) is 1. The number of hydrogen-bond donors (Lipinski definition) is 1. The largest absolute Gasteiger partial charge is 0.352 e. The van der Waals surface area contributed by atoms with Gasteiger partial charge in [-0.2, -0.15) is 0 Å². The predicted octanol–water partition coefficient (Wildman–Crippen LogP) is 5.38. The van der Waals surface area contributed by atoms with Gasteiger partial charge in [-0.1, -0.05) is 53.5 Å². The van der Waals surface area contributed by atoms with Crippen LogP contribution in [0, 0.1) is 0 Å². The van der Waals surface area contributed by atoms with Crippen LogP contribution in [-0.2, 0) is 26.2 Å². The molecule has 1 unspecified atom stereocenters. The highest BCUT2D eigenvalue weighted by Gasteiger charge is 2.35. The zero-order valence-corrected chi connectivity index (χ0v) is 23.2. The molecule has 37 heavy (non-hydrogen) atoms. The van der Waals surface area contributed by atoms with E-state index in [-0.39, 0.29) is 48.7 Å². The van der Waals surface area contributed by atoms with E-state index < -0.39 is 16.1 Å². The molecule has 1 heterocycles. The second-order valence-corrected chi connectivity index (χ2v) is 12.1. The lowest BCUT2D eigenvalue weighted by atomic mass is 10.1. The number of amides is 2. The lowest BCUT2D eigenvalue weighted by Gasteiger charge is -2.30. The summed E-state index contributed by atoms with van der Waals surface area (Å²) in [5.41, 5.74) is 1.28. The molecule has 4 rings (SSSR count). The van der Waals surface area contributed by atoms with Crippen LogP contribution < -0.4 is 9.62 Å². The maximum Gasteiger partial charge on any atom is 0.265 e. The second kappa shape index (κ2) is 10.9. The van der Waals surface area contributed by atoms with E-state index in [1.165, 1.54) is 9.21 Å². The average molecular weight is 563 g/mol. The third kappa shape index (κ3) is 5.56. The van der Waals surface area contributed by atoms with Gasteiger partial charge in [0.15, 0.2) is 0 Å². The molecule has 0 bridgehead atoms. The Hall–Kier alpha value is -2.81. The Morgan fingerprint density at radius 1 is 1.03 bits per heavy atom. The van der Waals surface area contributed by atoms with Crippen molar-refractivity contribution in [2.75, 3.05) is 10.8 Å². The number of carbonyl (C=O) groups excluding carboxylic acids is 2. The number of sulfonamides is 1. The summed E-state index contributed by atoms with van der Waals surface area (Å²) in [7, 11) is -3.70. The fourth-order valence-electron chi connectivity index (χ4n) is 4.54. The standard InChI is InChI=1S/C27H29Cl2N3O4S/c1-17(2)30-27(34)18(3)31(16-20-12-13-21(28)15-22(20)29)25(33)11-6-14-32-23-9-4-7-19-8-5-10-24(26(19)23)37(32,35)36/h4-5,7-10,12-13,15,17-18H,6,11,14,16H2,1-3H3,(H,30,34). The fraction of sp³-hybridized carbons (Fsp3) is 0.333. The molecule has 10 heteroatoms. The van der Waals surface area contributed by atoms with Crippen LogP contribution in [0.4, 0.5) is 5.69 Å². The van der Waals surface area contributed by atoms with E-state index in [0.717, 1.165) is 5.39 Å². The van der Waals surface area contributed by atoms with E-state index in [2.05, 4.69) is 5.32 Å². The Kier molecular flexibility index (Phi) is 8.02. The summed E-state index contributed by atoms with van der Waals surface area (Å²) in [6.07, 6.45) is 0.342. The Labute approximate surface area is 227 Å². The number of anilines is 1. The first-order valence-corrected chi connectivity index (χ1v) is 14.3. The number of rotatable bonds is 9. The van der Waals surface area contributed by atoms with Crippen molar-refractivity contribution < 1.29 is 18.0 Å². The highest BCUT2D eigenvalue weighted by Crippen LogP contribution is 2.42. The van der Waals surface area contributed by atoms with Crippen molar-refractivity contribution in [1.82, 2.24) is 10.2 Å². The van der Waals surface area contributed by atoms with E-state index in [0.29, 0.717) is 26.7 Å².